The number of rotatable bonds is 6. The van der Waals surface area contributed by atoms with Gasteiger partial charge in [-0.25, -0.2) is 4.98 Å². The number of aliphatic hydroxyl groups is 2. The Morgan fingerprint density at radius 1 is 0.976 bits per heavy atom. The van der Waals surface area contributed by atoms with E-state index in [-0.39, 0.29) is 6.04 Å². The van der Waals surface area contributed by atoms with Crippen molar-refractivity contribution in [2.24, 2.45) is 0 Å². The molecule has 41 heavy (non-hydrogen) atoms. The highest BCUT2D eigenvalue weighted by atomic mass is 16.3. The van der Waals surface area contributed by atoms with E-state index in [0.29, 0.717) is 0 Å². The van der Waals surface area contributed by atoms with Crippen molar-refractivity contribution in [1.29, 1.82) is 0 Å². The molecule has 3 heterocycles. The molecule has 0 bridgehead atoms. The van der Waals surface area contributed by atoms with Crippen LogP contribution in [-0.4, -0.2) is 81.9 Å². The van der Waals surface area contributed by atoms with Crippen LogP contribution >= 0.6 is 0 Å². The summed E-state index contributed by atoms with van der Waals surface area (Å²) in [6.07, 6.45) is 6.61. The summed E-state index contributed by atoms with van der Waals surface area (Å²) in [5, 5.41) is 22.5. The largest absolute Gasteiger partial charge is 0.390 e. The monoisotopic (exact) mass is 553 g/mol. The lowest BCUT2D eigenvalue weighted by atomic mass is 9.83. The standard InChI is InChI=1S/C34H43N5O2/c1-23-19-26(9-10-31(23)39-17-15-37(3)16-18-39)27-20-29-30(22-36-32(29)35-21-27)24-5-7-25(8-6-24)33(40)38(4)28-11-13-34(2,41)14-12-28/h5-10,19-22,28,33,40-41H,11-18H2,1-4H3,(H,35,36)/t28-,33?,34+. The first kappa shape index (κ1) is 27.9. The highest BCUT2D eigenvalue weighted by molar-refractivity contribution is 5.96. The number of nitrogens with zero attached hydrogens (tertiary/aromatic N) is 4. The van der Waals surface area contributed by atoms with Crippen LogP contribution in [0.15, 0.2) is 60.9 Å². The molecule has 1 atom stereocenters. The number of hydrogen-bond acceptors (Lipinski definition) is 6. The van der Waals surface area contributed by atoms with Crippen LogP contribution in [0.4, 0.5) is 5.69 Å². The Kier molecular flexibility index (Phi) is 7.64. The van der Waals surface area contributed by atoms with Crippen LogP contribution in [0.3, 0.4) is 0 Å². The average Bonchev–Trinajstić information content (AvgIpc) is 3.40. The van der Waals surface area contributed by atoms with Crippen LogP contribution < -0.4 is 4.90 Å². The molecule has 2 aliphatic rings. The molecule has 0 radical (unpaired) electrons. The SMILES string of the molecule is Cc1cc(-c2cnc3[nH]cc(-c4ccc(C(O)N(C)[C@H]5CC[C@@](C)(O)CC5)cc4)c3c2)ccc1N1CCN(C)CC1. The number of hydrogen-bond donors (Lipinski definition) is 3. The quantitative estimate of drug-likeness (QED) is 0.271. The maximum Gasteiger partial charge on any atom is 0.137 e. The first-order valence-corrected chi connectivity index (χ1v) is 14.9. The van der Waals surface area contributed by atoms with E-state index < -0.39 is 11.8 Å². The van der Waals surface area contributed by atoms with Crippen molar-refractivity contribution in [1.82, 2.24) is 19.8 Å². The summed E-state index contributed by atoms with van der Waals surface area (Å²) in [7, 11) is 4.17. The molecule has 0 amide bonds. The topological polar surface area (TPSA) is 78.9 Å². The third kappa shape index (κ3) is 5.77. The highest BCUT2D eigenvalue weighted by Gasteiger charge is 2.32. The minimum absolute atomic E-state index is 0.266. The zero-order valence-corrected chi connectivity index (χ0v) is 24.8. The lowest BCUT2D eigenvalue weighted by molar-refractivity contribution is -0.0517. The number of pyridine rings is 1. The molecule has 7 nitrogen and oxygen atoms in total. The lowest BCUT2D eigenvalue weighted by Gasteiger charge is -2.39. The van der Waals surface area contributed by atoms with E-state index in [1.807, 2.05) is 43.4 Å². The Morgan fingerprint density at radius 3 is 2.34 bits per heavy atom. The molecule has 1 saturated carbocycles. The van der Waals surface area contributed by atoms with Gasteiger partial charge in [-0.2, -0.15) is 0 Å². The fourth-order valence-corrected chi connectivity index (χ4v) is 6.54. The first-order valence-electron chi connectivity index (χ1n) is 14.9. The van der Waals surface area contributed by atoms with Crippen molar-refractivity contribution in [2.75, 3.05) is 45.2 Å². The Bertz CT molecular complexity index is 1490. The van der Waals surface area contributed by atoms with Crippen LogP contribution in [0, 0.1) is 6.92 Å². The van der Waals surface area contributed by atoms with Gasteiger partial charge in [0.2, 0.25) is 0 Å². The van der Waals surface area contributed by atoms with Crippen LogP contribution in [-0.2, 0) is 0 Å². The molecule has 0 spiro atoms. The van der Waals surface area contributed by atoms with Crippen molar-refractivity contribution in [3.63, 3.8) is 0 Å². The molecular weight excluding hydrogens is 510 g/mol. The number of fused-ring (bicyclic) bond motifs is 1. The van der Waals surface area contributed by atoms with Crippen LogP contribution in [0.2, 0.25) is 0 Å². The van der Waals surface area contributed by atoms with E-state index in [1.54, 1.807) is 0 Å². The van der Waals surface area contributed by atoms with E-state index in [4.69, 9.17) is 4.98 Å². The fraction of sp³-hybridized carbons (Fsp3) is 0.441. The number of aromatic nitrogens is 2. The molecule has 6 rings (SSSR count). The molecule has 216 valence electrons. The molecule has 1 saturated heterocycles. The predicted octanol–water partition coefficient (Wildman–Crippen LogP) is 5.57. The number of aliphatic hydroxyl groups excluding tert-OH is 1. The molecule has 3 N–H and O–H groups in total. The number of benzene rings is 2. The molecule has 1 aliphatic heterocycles. The summed E-state index contributed by atoms with van der Waals surface area (Å²) < 4.78 is 0. The zero-order chi connectivity index (χ0) is 28.7. The molecule has 2 aromatic heterocycles. The number of nitrogens with one attached hydrogen (secondary N) is 1. The molecule has 1 unspecified atom stereocenters. The van der Waals surface area contributed by atoms with Crippen molar-refractivity contribution < 1.29 is 10.2 Å². The normalized spacial score (nSPS) is 22.9. The molecule has 2 fully saturated rings. The van der Waals surface area contributed by atoms with Gasteiger partial charge in [0.15, 0.2) is 0 Å². The summed E-state index contributed by atoms with van der Waals surface area (Å²) in [6.45, 7) is 8.43. The summed E-state index contributed by atoms with van der Waals surface area (Å²) in [6, 6.07) is 17.5. The Hall–Kier alpha value is -3.23. The second-order valence-electron chi connectivity index (χ2n) is 12.5. The van der Waals surface area contributed by atoms with Gasteiger partial charge in [-0.3, -0.25) is 4.90 Å². The molecule has 4 aromatic rings. The third-order valence-corrected chi connectivity index (χ3v) is 9.42. The number of aromatic amines is 1. The van der Waals surface area contributed by atoms with Crippen molar-refractivity contribution in [3.05, 3.63) is 72.1 Å². The van der Waals surface area contributed by atoms with Crippen molar-refractivity contribution >= 4 is 16.7 Å². The second-order valence-corrected chi connectivity index (χ2v) is 12.5. The number of anilines is 1. The smallest absolute Gasteiger partial charge is 0.137 e. The maximum atomic E-state index is 11.1. The van der Waals surface area contributed by atoms with Gasteiger partial charge in [0.1, 0.15) is 11.9 Å². The minimum atomic E-state index is -0.676. The molecule has 2 aromatic carbocycles. The summed E-state index contributed by atoms with van der Waals surface area (Å²) in [4.78, 5) is 15.0. The first-order chi connectivity index (χ1) is 19.7. The van der Waals surface area contributed by atoms with Gasteiger partial charge in [0.25, 0.3) is 0 Å². The van der Waals surface area contributed by atoms with Crippen molar-refractivity contribution in [3.8, 4) is 22.3 Å². The number of piperazine rings is 1. The highest BCUT2D eigenvalue weighted by Crippen LogP contribution is 2.35. The van der Waals surface area contributed by atoms with Gasteiger partial charge in [-0.1, -0.05) is 30.3 Å². The van der Waals surface area contributed by atoms with Gasteiger partial charge < -0.3 is 25.0 Å². The van der Waals surface area contributed by atoms with Gasteiger partial charge in [0.05, 0.1) is 5.60 Å². The third-order valence-electron chi connectivity index (χ3n) is 9.42. The Balaban J connectivity index is 1.21. The number of likely N-dealkylation sites (N-methyl/N-ethyl adjacent to an activating group) is 1. The van der Waals surface area contributed by atoms with E-state index in [0.717, 1.165) is 85.1 Å². The molecular formula is C34H43N5O2. The van der Waals surface area contributed by atoms with Gasteiger partial charge in [0, 0.05) is 66.8 Å². The van der Waals surface area contributed by atoms with Crippen LogP contribution in [0.25, 0.3) is 33.3 Å². The predicted molar refractivity (Wildman–Crippen MR) is 167 cm³/mol. The van der Waals surface area contributed by atoms with E-state index in [1.165, 1.54) is 16.8 Å². The van der Waals surface area contributed by atoms with Crippen LogP contribution in [0.5, 0.6) is 0 Å². The summed E-state index contributed by atoms with van der Waals surface area (Å²) in [5.74, 6) is 0. The van der Waals surface area contributed by atoms with Crippen molar-refractivity contribution in [2.45, 2.75) is 57.4 Å². The molecule has 1 aliphatic carbocycles. The second kappa shape index (κ2) is 11.2. The fourth-order valence-electron chi connectivity index (χ4n) is 6.54. The summed E-state index contributed by atoms with van der Waals surface area (Å²) in [5.41, 5.74) is 8.24. The maximum absolute atomic E-state index is 11.1. The van der Waals surface area contributed by atoms with Gasteiger partial charge in [-0.05, 0) is 94.1 Å². The minimum Gasteiger partial charge on any atom is -0.390 e. The van der Waals surface area contributed by atoms with E-state index >= 15 is 0 Å². The molecule has 7 heteroatoms. The number of H-pyrrole nitrogens is 1. The number of aryl methyl sites for hydroxylation is 1. The van der Waals surface area contributed by atoms with Gasteiger partial charge >= 0.3 is 0 Å². The summed E-state index contributed by atoms with van der Waals surface area (Å²) >= 11 is 0. The van der Waals surface area contributed by atoms with Crippen LogP contribution in [0.1, 0.15) is 50.0 Å². The lowest BCUT2D eigenvalue weighted by Crippen LogP contribution is -2.44. The Labute approximate surface area is 243 Å². The van der Waals surface area contributed by atoms with Gasteiger partial charge in [-0.15, -0.1) is 0 Å². The zero-order valence-electron chi connectivity index (χ0n) is 24.8. The average molecular weight is 554 g/mol. The Morgan fingerprint density at radius 2 is 1.66 bits per heavy atom. The van der Waals surface area contributed by atoms with E-state index in [2.05, 4.69) is 65.2 Å². The van der Waals surface area contributed by atoms with E-state index in [9.17, 15) is 10.2 Å².